The normalized spacial score (nSPS) is 10.7. The van der Waals surface area contributed by atoms with Crippen molar-refractivity contribution in [3.8, 4) is 16.9 Å². The Morgan fingerprint density at radius 2 is 1.65 bits per heavy atom. The standard InChI is InChI=1S/C17H16N2O/c1-12-6-8-15(9-7-12)19-16(11-17(20)18-19)14-5-3-4-13(2)10-14/h3-11H,1-2H3,(H,18,20). The fourth-order valence-electron chi connectivity index (χ4n) is 2.31. The molecule has 100 valence electrons. The second-order valence-electron chi connectivity index (χ2n) is 5.05. The maximum atomic E-state index is 11.7. The Morgan fingerprint density at radius 1 is 0.900 bits per heavy atom. The number of nitrogens with one attached hydrogen (secondary N) is 1. The monoisotopic (exact) mass is 264 g/mol. The van der Waals surface area contributed by atoms with Crippen LogP contribution in [0.25, 0.3) is 16.9 Å². The molecule has 3 nitrogen and oxygen atoms in total. The van der Waals surface area contributed by atoms with E-state index in [1.54, 1.807) is 6.07 Å². The molecule has 20 heavy (non-hydrogen) atoms. The minimum absolute atomic E-state index is 0.0953. The average Bonchev–Trinajstić information content (AvgIpc) is 2.82. The van der Waals surface area contributed by atoms with Gasteiger partial charge in [0.15, 0.2) is 0 Å². The lowest BCUT2D eigenvalue weighted by molar-refractivity contribution is 0.870. The summed E-state index contributed by atoms with van der Waals surface area (Å²) < 4.78 is 1.83. The Morgan fingerprint density at radius 3 is 2.35 bits per heavy atom. The molecule has 0 unspecified atom stereocenters. The summed E-state index contributed by atoms with van der Waals surface area (Å²) in [5.74, 6) is 0. The third-order valence-corrected chi connectivity index (χ3v) is 3.34. The lowest BCUT2D eigenvalue weighted by atomic mass is 10.1. The zero-order chi connectivity index (χ0) is 14.1. The molecule has 3 aromatic rings. The second kappa shape index (κ2) is 4.85. The van der Waals surface area contributed by atoms with Gasteiger partial charge in [0.1, 0.15) is 0 Å². The van der Waals surface area contributed by atoms with Gasteiger partial charge in [-0.3, -0.25) is 14.6 Å². The molecule has 1 aromatic heterocycles. The number of rotatable bonds is 2. The molecule has 3 rings (SSSR count). The van der Waals surface area contributed by atoms with E-state index in [2.05, 4.69) is 11.2 Å². The smallest absolute Gasteiger partial charge is 0.265 e. The second-order valence-corrected chi connectivity index (χ2v) is 5.05. The first kappa shape index (κ1) is 12.5. The van der Waals surface area contributed by atoms with E-state index >= 15 is 0 Å². The van der Waals surface area contributed by atoms with E-state index in [0.717, 1.165) is 16.9 Å². The number of hydrogen-bond donors (Lipinski definition) is 1. The van der Waals surface area contributed by atoms with Gasteiger partial charge in [0.05, 0.1) is 11.4 Å². The molecule has 0 spiro atoms. The molecule has 1 heterocycles. The van der Waals surface area contributed by atoms with Gasteiger partial charge in [0.2, 0.25) is 0 Å². The predicted molar refractivity (Wildman–Crippen MR) is 81.3 cm³/mol. The number of hydrogen-bond acceptors (Lipinski definition) is 1. The largest absolute Gasteiger partial charge is 0.268 e. The van der Waals surface area contributed by atoms with Crippen LogP contribution in [0.5, 0.6) is 0 Å². The average molecular weight is 264 g/mol. The van der Waals surface area contributed by atoms with Gasteiger partial charge in [-0.1, -0.05) is 41.5 Å². The van der Waals surface area contributed by atoms with E-state index in [-0.39, 0.29) is 5.56 Å². The molecule has 1 N–H and O–H groups in total. The number of nitrogens with zero attached hydrogens (tertiary/aromatic N) is 1. The number of aromatic nitrogens is 2. The van der Waals surface area contributed by atoms with Crippen molar-refractivity contribution in [1.29, 1.82) is 0 Å². The first-order valence-corrected chi connectivity index (χ1v) is 6.60. The third-order valence-electron chi connectivity index (χ3n) is 3.34. The number of aryl methyl sites for hydroxylation is 2. The van der Waals surface area contributed by atoms with Gasteiger partial charge in [-0.2, -0.15) is 0 Å². The summed E-state index contributed by atoms with van der Waals surface area (Å²) in [4.78, 5) is 11.7. The molecule has 2 aromatic carbocycles. The van der Waals surface area contributed by atoms with E-state index in [1.807, 2.05) is 61.0 Å². The van der Waals surface area contributed by atoms with Crippen LogP contribution in [0.15, 0.2) is 59.4 Å². The summed E-state index contributed by atoms with van der Waals surface area (Å²) in [6.07, 6.45) is 0. The van der Waals surface area contributed by atoms with Gasteiger partial charge >= 0.3 is 0 Å². The lowest BCUT2D eigenvalue weighted by Gasteiger charge is -2.09. The molecular weight excluding hydrogens is 248 g/mol. The van der Waals surface area contributed by atoms with Crippen molar-refractivity contribution in [3.63, 3.8) is 0 Å². The van der Waals surface area contributed by atoms with Crippen LogP contribution in [-0.4, -0.2) is 9.78 Å². The van der Waals surface area contributed by atoms with Crippen LogP contribution in [0, 0.1) is 13.8 Å². The number of H-pyrrole nitrogens is 1. The summed E-state index contributed by atoms with van der Waals surface area (Å²) in [5, 5.41) is 2.86. The fourth-order valence-corrected chi connectivity index (χ4v) is 2.31. The van der Waals surface area contributed by atoms with Gasteiger partial charge < -0.3 is 0 Å². The molecule has 0 fully saturated rings. The third kappa shape index (κ3) is 2.30. The van der Waals surface area contributed by atoms with Crippen LogP contribution in [-0.2, 0) is 0 Å². The van der Waals surface area contributed by atoms with Gasteiger partial charge in [0.25, 0.3) is 5.56 Å². The molecule has 0 aliphatic rings. The van der Waals surface area contributed by atoms with Crippen LogP contribution in [0.2, 0.25) is 0 Å². The molecular formula is C17H16N2O. The minimum atomic E-state index is -0.0953. The molecule has 0 atom stereocenters. The highest BCUT2D eigenvalue weighted by Gasteiger charge is 2.08. The summed E-state index contributed by atoms with van der Waals surface area (Å²) >= 11 is 0. The van der Waals surface area contributed by atoms with E-state index in [4.69, 9.17) is 0 Å². The predicted octanol–water partition coefficient (Wildman–Crippen LogP) is 3.45. The van der Waals surface area contributed by atoms with Crippen molar-refractivity contribution < 1.29 is 0 Å². The molecule has 0 saturated heterocycles. The molecule has 0 aliphatic carbocycles. The molecule has 0 saturated carbocycles. The molecule has 0 amide bonds. The van der Waals surface area contributed by atoms with Crippen molar-refractivity contribution in [3.05, 3.63) is 76.1 Å². The van der Waals surface area contributed by atoms with E-state index < -0.39 is 0 Å². The van der Waals surface area contributed by atoms with Crippen molar-refractivity contribution in [1.82, 2.24) is 9.78 Å². The minimum Gasteiger partial charge on any atom is -0.268 e. The van der Waals surface area contributed by atoms with Crippen LogP contribution >= 0.6 is 0 Å². The van der Waals surface area contributed by atoms with Crippen molar-refractivity contribution in [2.24, 2.45) is 0 Å². The van der Waals surface area contributed by atoms with Crippen LogP contribution in [0.4, 0.5) is 0 Å². The number of aromatic amines is 1. The van der Waals surface area contributed by atoms with Gasteiger partial charge in [-0.15, -0.1) is 0 Å². The molecule has 0 aliphatic heterocycles. The highest BCUT2D eigenvalue weighted by molar-refractivity contribution is 5.62. The summed E-state index contributed by atoms with van der Waals surface area (Å²) in [6, 6.07) is 17.9. The summed E-state index contributed by atoms with van der Waals surface area (Å²) in [6.45, 7) is 4.09. The Balaban J connectivity index is 2.18. The molecule has 0 bridgehead atoms. The summed E-state index contributed by atoms with van der Waals surface area (Å²) in [7, 11) is 0. The quantitative estimate of drug-likeness (QED) is 0.756. The SMILES string of the molecule is Cc1ccc(-n2[nH]c(=O)cc2-c2cccc(C)c2)cc1. The van der Waals surface area contributed by atoms with Crippen LogP contribution in [0.3, 0.4) is 0 Å². The first-order chi connectivity index (χ1) is 9.63. The fraction of sp³-hybridized carbons (Fsp3) is 0.118. The Bertz CT molecular complexity index is 794. The maximum Gasteiger partial charge on any atom is 0.265 e. The summed E-state index contributed by atoms with van der Waals surface area (Å²) in [5.41, 5.74) is 5.13. The van der Waals surface area contributed by atoms with E-state index in [0.29, 0.717) is 0 Å². The van der Waals surface area contributed by atoms with Crippen molar-refractivity contribution in [2.75, 3.05) is 0 Å². The Kier molecular flexibility index (Phi) is 3.03. The Hall–Kier alpha value is -2.55. The molecule has 3 heteroatoms. The van der Waals surface area contributed by atoms with Crippen molar-refractivity contribution >= 4 is 0 Å². The van der Waals surface area contributed by atoms with E-state index in [1.165, 1.54) is 11.1 Å². The zero-order valence-electron chi connectivity index (χ0n) is 11.6. The Labute approximate surface area is 117 Å². The lowest BCUT2D eigenvalue weighted by Crippen LogP contribution is -2.04. The highest BCUT2D eigenvalue weighted by Crippen LogP contribution is 2.22. The number of benzene rings is 2. The highest BCUT2D eigenvalue weighted by atomic mass is 16.1. The van der Waals surface area contributed by atoms with Crippen LogP contribution in [0.1, 0.15) is 11.1 Å². The van der Waals surface area contributed by atoms with Crippen molar-refractivity contribution in [2.45, 2.75) is 13.8 Å². The first-order valence-electron chi connectivity index (χ1n) is 6.60. The van der Waals surface area contributed by atoms with Gasteiger partial charge in [-0.25, -0.2) is 0 Å². The van der Waals surface area contributed by atoms with Gasteiger partial charge in [0, 0.05) is 11.6 Å². The topological polar surface area (TPSA) is 37.8 Å². The maximum absolute atomic E-state index is 11.7. The zero-order valence-corrected chi connectivity index (χ0v) is 11.6. The molecule has 0 radical (unpaired) electrons. The van der Waals surface area contributed by atoms with Gasteiger partial charge in [-0.05, 0) is 32.0 Å². The van der Waals surface area contributed by atoms with E-state index in [9.17, 15) is 4.79 Å². The van der Waals surface area contributed by atoms with Crippen LogP contribution < -0.4 is 5.56 Å².